The monoisotopic (exact) mass is 283 g/mol. The summed E-state index contributed by atoms with van der Waals surface area (Å²) in [5.74, 6) is 1.27. The zero-order valence-electron chi connectivity index (χ0n) is 13.0. The van der Waals surface area contributed by atoms with Crippen molar-refractivity contribution in [2.75, 3.05) is 39.5 Å². The lowest BCUT2D eigenvalue weighted by Crippen LogP contribution is -2.41. The molecule has 1 N–H and O–H groups in total. The van der Waals surface area contributed by atoms with Crippen LogP contribution >= 0.6 is 11.8 Å². The summed E-state index contributed by atoms with van der Waals surface area (Å²) in [6.45, 7) is 7.78. The Morgan fingerprint density at radius 3 is 2.53 bits per heavy atom. The lowest BCUT2D eigenvalue weighted by atomic mass is 9.89. The minimum atomic E-state index is 0.287. The molecule has 0 amide bonds. The molecule has 1 spiro atoms. The Morgan fingerprint density at radius 2 is 2.00 bits per heavy atom. The van der Waals surface area contributed by atoms with Crippen molar-refractivity contribution in [2.45, 2.75) is 39.5 Å². The molecule has 0 aromatic carbocycles. The fourth-order valence-electron chi connectivity index (χ4n) is 3.31. The van der Waals surface area contributed by atoms with Crippen LogP contribution in [0.2, 0.25) is 0 Å². The molecule has 0 atom stereocenters. The van der Waals surface area contributed by atoms with Gasteiger partial charge in [-0.25, -0.2) is 0 Å². The van der Waals surface area contributed by atoms with E-state index in [4.69, 9.17) is 4.99 Å². The molecule has 110 valence electrons. The first-order valence-corrected chi connectivity index (χ1v) is 8.45. The van der Waals surface area contributed by atoms with E-state index in [-0.39, 0.29) is 5.41 Å². The highest BCUT2D eigenvalue weighted by atomic mass is 32.2. The summed E-state index contributed by atoms with van der Waals surface area (Å²) in [5.41, 5.74) is 0.837. The van der Waals surface area contributed by atoms with Gasteiger partial charge in [0.25, 0.3) is 0 Å². The first-order valence-electron chi connectivity index (χ1n) is 7.47. The maximum Gasteiger partial charge on any atom is 0.156 e. The molecular formula is C15H29N3S. The molecule has 1 fully saturated rings. The first kappa shape index (κ1) is 15.2. The van der Waals surface area contributed by atoms with Gasteiger partial charge in [-0.15, -0.1) is 0 Å². The minimum absolute atomic E-state index is 0.287. The Balaban J connectivity index is 1.80. The first-order chi connectivity index (χ1) is 8.91. The predicted molar refractivity (Wildman–Crippen MR) is 86.0 cm³/mol. The van der Waals surface area contributed by atoms with Crippen LogP contribution in [0.4, 0.5) is 0 Å². The van der Waals surface area contributed by atoms with Crippen molar-refractivity contribution < 1.29 is 0 Å². The van der Waals surface area contributed by atoms with Crippen molar-refractivity contribution in [3.8, 4) is 0 Å². The van der Waals surface area contributed by atoms with E-state index < -0.39 is 0 Å². The number of nitrogens with zero attached hydrogens (tertiary/aromatic N) is 2. The number of nitrogens with one attached hydrogen (secondary N) is 1. The van der Waals surface area contributed by atoms with Gasteiger partial charge in [0.05, 0.1) is 0 Å². The molecule has 0 aromatic heterocycles. The molecular weight excluding hydrogens is 254 g/mol. The van der Waals surface area contributed by atoms with Gasteiger partial charge in [-0.2, -0.15) is 0 Å². The highest BCUT2D eigenvalue weighted by Crippen LogP contribution is 2.43. The second-order valence-electron chi connectivity index (χ2n) is 7.37. The maximum atomic E-state index is 4.80. The number of hydrogen-bond acceptors (Lipinski definition) is 4. The Hall–Kier alpha value is -0.220. The van der Waals surface area contributed by atoms with Crippen molar-refractivity contribution in [3.05, 3.63) is 0 Å². The number of rotatable bonds is 4. The highest BCUT2D eigenvalue weighted by Gasteiger charge is 2.36. The summed E-state index contributed by atoms with van der Waals surface area (Å²) in [5, 5.41) is 4.73. The zero-order chi connectivity index (χ0) is 13.9. The Kier molecular flexibility index (Phi) is 4.83. The topological polar surface area (TPSA) is 27.6 Å². The number of thioether (sulfide) groups is 1. The number of hydrogen-bond donors (Lipinski definition) is 1. The van der Waals surface area contributed by atoms with Gasteiger partial charge < -0.3 is 10.2 Å². The standard InChI is InChI=1S/C15H29N3S/c1-14(2,11-18(3)4)9-16-13-17-10-15(12-19-13)7-5-6-8-15/h5-12H2,1-4H3,(H,16,17). The zero-order valence-corrected chi connectivity index (χ0v) is 13.8. The summed E-state index contributed by atoms with van der Waals surface area (Å²) < 4.78 is 0. The van der Waals surface area contributed by atoms with Crippen LogP contribution in [0.15, 0.2) is 4.99 Å². The van der Waals surface area contributed by atoms with E-state index in [2.05, 4.69) is 38.2 Å². The van der Waals surface area contributed by atoms with Crippen molar-refractivity contribution in [1.82, 2.24) is 10.2 Å². The molecule has 0 saturated heterocycles. The van der Waals surface area contributed by atoms with Gasteiger partial charge in [-0.1, -0.05) is 38.5 Å². The smallest absolute Gasteiger partial charge is 0.156 e. The third-order valence-electron chi connectivity index (χ3n) is 4.20. The summed E-state index contributed by atoms with van der Waals surface area (Å²) >= 11 is 1.94. The quantitative estimate of drug-likeness (QED) is 0.860. The van der Waals surface area contributed by atoms with E-state index in [9.17, 15) is 0 Å². The van der Waals surface area contributed by atoms with E-state index in [1.165, 1.54) is 36.6 Å². The van der Waals surface area contributed by atoms with Crippen LogP contribution in [0, 0.1) is 10.8 Å². The average Bonchev–Trinajstić information content (AvgIpc) is 2.76. The summed E-state index contributed by atoms with van der Waals surface area (Å²) in [4.78, 5) is 7.06. The second kappa shape index (κ2) is 6.04. The SMILES string of the molecule is CN(C)CC(C)(C)CNC1=NCC2(CCCC2)CS1. The van der Waals surface area contributed by atoms with Crippen LogP contribution < -0.4 is 5.32 Å². The normalized spacial score (nSPS) is 22.9. The third kappa shape index (κ3) is 4.38. The largest absolute Gasteiger partial charge is 0.364 e. The predicted octanol–water partition coefficient (Wildman–Crippen LogP) is 2.83. The maximum absolute atomic E-state index is 4.80. The molecule has 19 heavy (non-hydrogen) atoms. The summed E-state index contributed by atoms with van der Waals surface area (Å²) in [6.07, 6.45) is 5.61. The van der Waals surface area contributed by atoms with E-state index in [0.717, 1.165) is 19.6 Å². The molecule has 1 aliphatic carbocycles. The van der Waals surface area contributed by atoms with Crippen molar-refractivity contribution in [1.29, 1.82) is 0 Å². The molecule has 0 bridgehead atoms. The van der Waals surface area contributed by atoms with Gasteiger partial charge in [0, 0.05) is 25.4 Å². The van der Waals surface area contributed by atoms with Gasteiger partial charge in [0.1, 0.15) is 0 Å². The Bertz CT molecular complexity index is 330. The van der Waals surface area contributed by atoms with Crippen LogP contribution in [0.5, 0.6) is 0 Å². The molecule has 2 aliphatic rings. The van der Waals surface area contributed by atoms with E-state index in [1.807, 2.05) is 11.8 Å². The van der Waals surface area contributed by atoms with Gasteiger partial charge in [-0.05, 0) is 37.8 Å². The second-order valence-corrected chi connectivity index (χ2v) is 8.34. The summed E-state index contributed by atoms with van der Waals surface area (Å²) in [7, 11) is 4.27. The lowest BCUT2D eigenvalue weighted by Gasteiger charge is -2.33. The van der Waals surface area contributed by atoms with Gasteiger partial charge in [-0.3, -0.25) is 4.99 Å². The van der Waals surface area contributed by atoms with Gasteiger partial charge in [0.2, 0.25) is 0 Å². The summed E-state index contributed by atoms with van der Waals surface area (Å²) in [6, 6.07) is 0. The van der Waals surface area contributed by atoms with E-state index in [1.54, 1.807) is 0 Å². The molecule has 2 rings (SSSR count). The molecule has 1 heterocycles. The van der Waals surface area contributed by atoms with Crippen LogP contribution in [0.1, 0.15) is 39.5 Å². The van der Waals surface area contributed by atoms with Crippen molar-refractivity contribution >= 4 is 16.9 Å². The minimum Gasteiger partial charge on any atom is -0.364 e. The molecule has 3 nitrogen and oxygen atoms in total. The van der Waals surface area contributed by atoms with E-state index >= 15 is 0 Å². The van der Waals surface area contributed by atoms with Crippen LogP contribution in [-0.2, 0) is 0 Å². The molecule has 0 radical (unpaired) electrons. The van der Waals surface area contributed by atoms with Gasteiger partial charge >= 0.3 is 0 Å². The highest BCUT2D eigenvalue weighted by molar-refractivity contribution is 8.13. The molecule has 1 saturated carbocycles. The van der Waals surface area contributed by atoms with Gasteiger partial charge in [0.15, 0.2) is 5.17 Å². The number of aliphatic imine (C=N–C) groups is 1. The van der Waals surface area contributed by atoms with Crippen LogP contribution in [-0.4, -0.2) is 49.6 Å². The van der Waals surface area contributed by atoms with E-state index in [0.29, 0.717) is 5.41 Å². The molecule has 1 aliphatic heterocycles. The average molecular weight is 283 g/mol. The number of amidine groups is 1. The molecule has 0 unspecified atom stereocenters. The molecule has 0 aromatic rings. The van der Waals surface area contributed by atoms with Crippen molar-refractivity contribution in [3.63, 3.8) is 0 Å². The Labute approximate surface area is 122 Å². The third-order valence-corrected chi connectivity index (χ3v) is 5.50. The van der Waals surface area contributed by atoms with Crippen LogP contribution in [0.25, 0.3) is 0 Å². The fraction of sp³-hybridized carbons (Fsp3) is 0.933. The van der Waals surface area contributed by atoms with Crippen molar-refractivity contribution in [2.24, 2.45) is 15.8 Å². The fourth-order valence-corrected chi connectivity index (χ4v) is 4.47. The Morgan fingerprint density at radius 1 is 1.32 bits per heavy atom. The van der Waals surface area contributed by atoms with Crippen LogP contribution in [0.3, 0.4) is 0 Å². The lowest BCUT2D eigenvalue weighted by molar-refractivity contribution is 0.241. The molecule has 4 heteroatoms.